The van der Waals surface area contributed by atoms with Crippen molar-refractivity contribution < 1.29 is 36.2 Å². The Balaban J connectivity index is 2.64. The third-order valence-electron chi connectivity index (χ3n) is 3.10. The molecule has 8 heteroatoms. The lowest BCUT2D eigenvalue weighted by atomic mass is 9.94. The average molecular weight is 334 g/mol. The minimum Gasteiger partial charge on any atom is -0.478 e. The maximum absolute atomic E-state index is 13.2. The summed E-state index contributed by atoms with van der Waals surface area (Å²) in [5.74, 6) is -1.77. The molecule has 0 aromatic heterocycles. The molecule has 2 nitrogen and oxygen atoms in total. The molecule has 0 atom stereocenters. The van der Waals surface area contributed by atoms with Gasteiger partial charge in [-0.3, -0.25) is 0 Å². The molecule has 122 valence electrons. The number of benzene rings is 2. The fraction of sp³-hybridized carbons (Fsp3) is 0.133. The lowest BCUT2D eigenvalue weighted by Crippen LogP contribution is -2.14. The summed E-state index contributed by atoms with van der Waals surface area (Å²) in [6.45, 7) is 0. The van der Waals surface area contributed by atoms with Gasteiger partial charge in [-0.05, 0) is 29.3 Å². The van der Waals surface area contributed by atoms with Crippen LogP contribution in [-0.2, 0) is 12.4 Å². The number of hydrogen-bond acceptors (Lipinski definition) is 1. The summed E-state index contributed by atoms with van der Waals surface area (Å²) in [7, 11) is 0. The van der Waals surface area contributed by atoms with Crippen LogP contribution >= 0.6 is 0 Å². The van der Waals surface area contributed by atoms with Crippen LogP contribution in [0, 0.1) is 0 Å². The summed E-state index contributed by atoms with van der Waals surface area (Å²) < 4.78 is 77.0. The Bertz CT molecular complexity index is 729. The van der Waals surface area contributed by atoms with Gasteiger partial charge < -0.3 is 5.11 Å². The largest absolute Gasteiger partial charge is 0.478 e. The van der Waals surface area contributed by atoms with Crippen LogP contribution in [0.25, 0.3) is 11.1 Å². The number of rotatable bonds is 2. The number of halogens is 6. The minimum atomic E-state index is -4.97. The summed E-state index contributed by atoms with van der Waals surface area (Å²) in [4.78, 5) is 11.0. The van der Waals surface area contributed by atoms with Crippen LogP contribution in [0.2, 0.25) is 0 Å². The second kappa shape index (κ2) is 5.60. The smallest absolute Gasteiger partial charge is 0.417 e. The molecule has 0 bridgehead atoms. The minimum absolute atomic E-state index is 0.159. The molecule has 0 radical (unpaired) electrons. The Kier molecular flexibility index (Phi) is 4.10. The van der Waals surface area contributed by atoms with Gasteiger partial charge in [-0.15, -0.1) is 0 Å². The first kappa shape index (κ1) is 16.9. The molecule has 2 aromatic carbocycles. The van der Waals surface area contributed by atoms with Crippen LogP contribution in [0.4, 0.5) is 26.3 Å². The van der Waals surface area contributed by atoms with Gasteiger partial charge in [-0.25, -0.2) is 4.79 Å². The molecule has 0 heterocycles. The van der Waals surface area contributed by atoms with E-state index in [1.54, 1.807) is 0 Å². The number of carbonyl (C=O) groups is 1. The fourth-order valence-corrected chi connectivity index (χ4v) is 2.12. The van der Waals surface area contributed by atoms with Crippen LogP contribution in [0.15, 0.2) is 42.5 Å². The predicted octanol–water partition coefficient (Wildman–Crippen LogP) is 5.09. The molecule has 0 saturated carbocycles. The average Bonchev–Trinajstić information content (AvgIpc) is 2.44. The quantitative estimate of drug-likeness (QED) is 0.777. The van der Waals surface area contributed by atoms with Crippen molar-refractivity contribution >= 4 is 5.97 Å². The van der Waals surface area contributed by atoms with E-state index in [0.29, 0.717) is 12.1 Å². The molecule has 0 aliphatic rings. The maximum atomic E-state index is 13.2. The van der Waals surface area contributed by atoms with Gasteiger partial charge in [0.2, 0.25) is 0 Å². The molecule has 2 aromatic rings. The van der Waals surface area contributed by atoms with Gasteiger partial charge in [-0.2, -0.15) is 26.3 Å². The molecule has 0 aliphatic heterocycles. The summed E-state index contributed by atoms with van der Waals surface area (Å²) in [6.07, 6.45) is -9.58. The Morgan fingerprint density at radius 2 is 1.39 bits per heavy atom. The third kappa shape index (κ3) is 3.46. The normalized spacial score (nSPS) is 12.3. The Morgan fingerprint density at radius 3 is 1.83 bits per heavy atom. The highest BCUT2D eigenvalue weighted by molar-refractivity contribution is 5.92. The number of carboxylic acids is 1. The standard InChI is InChI=1S/C15H8F6O2/c16-14(17,18)9-6-4-8(5-7-9)10-2-1-3-11(13(22)23)12(10)15(19,20)21/h1-7H,(H,22,23). The van der Waals surface area contributed by atoms with Crippen molar-refractivity contribution in [2.24, 2.45) is 0 Å². The van der Waals surface area contributed by atoms with Crippen LogP contribution in [0.3, 0.4) is 0 Å². The second-order valence-electron chi connectivity index (χ2n) is 4.61. The van der Waals surface area contributed by atoms with Crippen LogP contribution in [0.1, 0.15) is 21.5 Å². The van der Waals surface area contributed by atoms with Crippen molar-refractivity contribution in [3.63, 3.8) is 0 Å². The van der Waals surface area contributed by atoms with E-state index in [1.165, 1.54) is 0 Å². The molecule has 2 rings (SSSR count). The van der Waals surface area contributed by atoms with E-state index in [-0.39, 0.29) is 5.56 Å². The van der Waals surface area contributed by atoms with Crippen molar-refractivity contribution in [1.29, 1.82) is 0 Å². The van der Waals surface area contributed by atoms with E-state index in [1.807, 2.05) is 0 Å². The first-order valence-electron chi connectivity index (χ1n) is 6.13. The van der Waals surface area contributed by atoms with Gasteiger partial charge in [0.1, 0.15) is 0 Å². The number of carboxylic acid groups (broad SMARTS) is 1. The zero-order chi connectivity index (χ0) is 17.4. The van der Waals surface area contributed by atoms with Gasteiger partial charge in [0, 0.05) is 0 Å². The van der Waals surface area contributed by atoms with Crippen LogP contribution in [-0.4, -0.2) is 11.1 Å². The van der Waals surface area contributed by atoms with E-state index >= 15 is 0 Å². The van der Waals surface area contributed by atoms with Crippen molar-refractivity contribution in [3.8, 4) is 11.1 Å². The van der Waals surface area contributed by atoms with E-state index < -0.39 is 40.6 Å². The summed E-state index contributed by atoms with van der Waals surface area (Å²) in [6, 6.07) is 5.94. The van der Waals surface area contributed by atoms with Gasteiger partial charge in [0.05, 0.1) is 16.7 Å². The summed E-state index contributed by atoms with van der Waals surface area (Å²) >= 11 is 0. The van der Waals surface area contributed by atoms with Gasteiger partial charge in [0.25, 0.3) is 0 Å². The molecular weight excluding hydrogens is 326 g/mol. The number of hydrogen-bond donors (Lipinski definition) is 1. The van der Waals surface area contributed by atoms with E-state index in [2.05, 4.69) is 0 Å². The molecule has 23 heavy (non-hydrogen) atoms. The lowest BCUT2D eigenvalue weighted by molar-refractivity contribution is -0.138. The molecule has 0 amide bonds. The Hall–Kier alpha value is -2.51. The molecule has 0 aliphatic carbocycles. The maximum Gasteiger partial charge on any atom is 0.417 e. The van der Waals surface area contributed by atoms with Crippen LogP contribution in [0.5, 0.6) is 0 Å². The zero-order valence-electron chi connectivity index (χ0n) is 11.2. The molecule has 0 unspecified atom stereocenters. The Morgan fingerprint density at radius 1 is 0.826 bits per heavy atom. The number of aromatic carboxylic acids is 1. The van der Waals surface area contributed by atoms with Gasteiger partial charge >= 0.3 is 18.3 Å². The van der Waals surface area contributed by atoms with E-state index in [4.69, 9.17) is 5.11 Å². The van der Waals surface area contributed by atoms with Crippen molar-refractivity contribution in [1.82, 2.24) is 0 Å². The van der Waals surface area contributed by atoms with E-state index in [9.17, 15) is 31.1 Å². The first-order valence-corrected chi connectivity index (χ1v) is 6.13. The van der Waals surface area contributed by atoms with Gasteiger partial charge in [-0.1, -0.05) is 24.3 Å². The number of alkyl halides is 6. The zero-order valence-corrected chi connectivity index (χ0v) is 11.2. The second-order valence-corrected chi connectivity index (χ2v) is 4.61. The predicted molar refractivity (Wildman–Crippen MR) is 68.8 cm³/mol. The molecule has 1 N–H and O–H groups in total. The summed E-state index contributed by atoms with van der Waals surface area (Å²) in [5.41, 5.74) is -4.02. The summed E-state index contributed by atoms with van der Waals surface area (Å²) in [5, 5.41) is 8.90. The highest BCUT2D eigenvalue weighted by atomic mass is 19.4. The molecule has 0 spiro atoms. The van der Waals surface area contributed by atoms with Crippen molar-refractivity contribution in [3.05, 3.63) is 59.2 Å². The molecule has 0 fully saturated rings. The first-order chi connectivity index (χ1) is 10.5. The van der Waals surface area contributed by atoms with Gasteiger partial charge in [0.15, 0.2) is 0 Å². The highest BCUT2D eigenvalue weighted by Crippen LogP contribution is 2.40. The van der Waals surface area contributed by atoms with E-state index in [0.717, 1.165) is 30.3 Å². The monoisotopic (exact) mass is 334 g/mol. The molecular formula is C15H8F6O2. The van der Waals surface area contributed by atoms with Crippen LogP contribution < -0.4 is 0 Å². The highest BCUT2D eigenvalue weighted by Gasteiger charge is 2.38. The Labute approximate surface area is 126 Å². The fourth-order valence-electron chi connectivity index (χ4n) is 2.12. The topological polar surface area (TPSA) is 37.3 Å². The van der Waals surface area contributed by atoms with Crippen molar-refractivity contribution in [2.45, 2.75) is 12.4 Å². The van der Waals surface area contributed by atoms with Crippen molar-refractivity contribution in [2.75, 3.05) is 0 Å². The third-order valence-corrected chi connectivity index (χ3v) is 3.10. The SMILES string of the molecule is O=C(O)c1cccc(-c2ccc(C(F)(F)F)cc2)c1C(F)(F)F. The lowest BCUT2D eigenvalue weighted by Gasteiger charge is -2.16. The molecule has 0 saturated heterocycles.